The standard InChI is InChI=1S/C15H18N4O5S/c1-15(2,3)13-17-18-14(24-13)25-8-12(20)16-10-6-5-9(19(21)22)7-11(10)23-4/h5-7H,8H2,1-4H3,(H,16,20). The first kappa shape index (κ1) is 18.7. The van der Waals surface area contributed by atoms with E-state index >= 15 is 0 Å². The molecule has 10 heteroatoms. The van der Waals surface area contributed by atoms with Crippen LogP contribution in [0.3, 0.4) is 0 Å². The second-order valence-corrected chi connectivity index (χ2v) is 7.03. The number of benzene rings is 1. The molecule has 2 aromatic rings. The number of anilines is 1. The van der Waals surface area contributed by atoms with Crippen LogP contribution in [0.4, 0.5) is 11.4 Å². The first-order valence-corrected chi connectivity index (χ1v) is 8.28. The molecule has 0 fully saturated rings. The number of carbonyl (C=O) groups excluding carboxylic acids is 1. The molecule has 9 nitrogen and oxygen atoms in total. The van der Waals surface area contributed by atoms with Gasteiger partial charge in [-0.3, -0.25) is 14.9 Å². The van der Waals surface area contributed by atoms with Crippen LogP contribution >= 0.6 is 11.8 Å². The number of hydrogen-bond donors (Lipinski definition) is 1. The van der Waals surface area contributed by atoms with E-state index in [2.05, 4.69) is 15.5 Å². The molecule has 2 rings (SSSR count). The Morgan fingerprint density at radius 2 is 2.12 bits per heavy atom. The molecule has 0 saturated heterocycles. The number of carbonyl (C=O) groups is 1. The summed E-state index contributed by atoms with van der Waals surface area (Å²) < 4.78 is 10.6. The molecular weight excluding hydrogens is 348 g/mol. The maximum absolute atomic E-state index is 12.1. The number of amides is 1. The fourth-order valence-electron chi connectivity index (χ4n) is 1.78. The molecule has 0 unspecified atom stereocenters. The zero-order chi connectivity index (χ0) is 18.6. The van der Waals surface area contributed by atoms with Crippen molar-refractivity contribution in [3.63, 3.8) is 0 Å². The summed E-state index contributed by atoms with van der Waals surface area (Å²) >= 11 is 1.10. The molecule has 0 aliphatic rings. The smallest absolute Gasteiger partial charge is 0.277 e. The Morgan fingerprint density at radius 1 is 1.40 bits per heavy atom. The fourth-order valence-corrected chi connectivity index (χ4v) is 2.34. The third kappa shape index (κ3) is 4.92. The Kier molecular flexibility index (Phi) is 5.62. The molecule has 1 aromatic heterocycles. The Morgan fingerprint density at radius 3 is 2.68 bits per heavy atom. The van der Waals surface area contributed by atoms with E-state index in [1.54, 1.807) is 0 Å². The number of rotatable bonds is 6. The van der Waals surface area contributed by atoms with E-state index < -0.39 is 4.92 Å². The van der Waals surface area contributed by atoms with Crippen LogP contribution in [0.25, 0.3) is 0 Å². The summed E-state index contributed by atoms with van der Waals surface area (Å²) in [7, 11) is 1.37. The van der Waals surface area contributed by atoms with Crippen LogP contribution in [-0.4, -0.2) is 33.9 Å². The van der Waals surface area contributed by atoms with Crippen LogP contribution in [0, 0.1) is 10.1 Å². The average Bonchev–Trinajstić information content (AvgIpc) is 3.02. The topological polar surface area (TPSA) is 120 Å². The fraction of sp³-hybridized carbons (Fsp3) is 0.400. The van der Waals surface area contributed by atoms with Crippen molar-refractivity contribution in [2.75, 3.05) is 18.2 Å². The van der Waals surface area contributed by atoms with Crippen LogP contribution in [0.1, 0.15) is 26.7 Å². The molecule has 0 saturated carbocycles. The highest BCUT2D eigenvalue weighted by Gasteiger charge is 2.22. The third-order valence-electron chi connectivity index (χ3n) is 3.04. The first-order chi connectivity index (χ1) is 11.7. The molecule has 1 aromatic carbocycles. The van der Waals surface area contributed by atoms with E-state index in [0.717, 1.165) is 11.8 Å². The van der Waals surface area contributed by atoms with Gasteiger partial charge in [-0.1, -0.05) is 32.5 Å². The summed E-state index contributed by atoms with van der Waals surface area (Å²) in [6, 6.07) is 3.96. The number of thioether (sulfide) groups is 1. The predicted molar refractivity (Wildman–Crippen MR) is 92.0 cm³/mol. The number of nitro benzene ring substituents is 1. The lowest BCUT2D eigenvalue weighted by Gasteiger charge is -2.11. The number of methoxy groups -OCH3 is 1. The van der Waals surface area contributed by atoms with E-state index in [1.807, 2.05) is 20.8 Å². The number of non-ortho nitro benzene ring substituents is 1. The number of nitrogens with zero attached hydrogens (tertiary/aromatic N) is 3. The van der Waals surface area contributed by atoms with Gasteiger partial charge in [0, 0.05) is 11.5 Å². The molecule has 1 N–H and O–H groups in total. The minimum absolute atomic E-state index is 0.0475. The maximum atomic E-state index is 12.1. The van der Waals surface area contributed by atoms with Gasteiger partial charge in [-0.05, 0) is 6.07 Å². The molecule has 25 heavy (non-hydrogen) atoms. The van der Waals surface area contributed by atoms with Crippen LogP contribution in [0.15, 0.2) is 27.8 Å². The van der Waals surface area contributed by atoms with Crippen molar-refractivity contribution in [2.24, 2.45) is 0 Å². The molecule has 0 spiro atoms. The van der Waals surface area contributed by atoms with Gasteiger partial charge in [0.25, 0.3) is 10.9 Å². The van der Waals surface area contributed by atoms with Gasteiger partial charge in [0.1, 0.15) is 5.75 Å². The molecule has 0 atom stereocenters. The minimum Gasteiger partial charge on any atom is -0.494 e. The third-order valence-corrected chi connectivity index (χ3v) is 3.86. The summed E-state index contributed by atoms with van der Waals surface area (Å²) in [5, 5.41) is 21.6. The quantitative estimate of drug-likeness (QED) is 0.470. The molecule has 1 heterocycles. The van der Waals surface area contributed by atoms with Gasteiger partial charge in [-0.2, -0.15) is 0 Å². The lowest BCUT2D eigenvalue weighted by molar-refractivity contribution is -0.384. The summed E-state index contributed by atoms with van der Waals surface area (Å²) in [5.41, 5.74) is -0.0374. The maximum Gasteiger partial charge on any atom is 0.277 e. The molecule has 0 radical (unpaired) electrons. The summed E-state index contributed by atoms with van der Waals surface area (Å²) in [6.07, 6.45) is 0. The Labute approximate surface area is 148 Å². The van der Waals surface area contributed by atoms with Crippen molar-refractivity contribution in [2.45, 2.75) is 31.4 Å². The zero-order valence-electron chi connectivity index (χ0n) is 14.2. The number of nitrogens with one attached hydrogen (secondary N) is 1. The van der Waals surface area contributed by atoms with Gasteiger partial charge >= 0.3 is 0 Å². The lowest BCUT2D eigenvalue weighted by atomic mass is 9.97. The van der Waals surface area contributed by atoms with Crippen molar-refractivity contribution in [3.05, 3.63) is 34.2 Å². The van der Waals surface area contributed by atoms with Gasteiger partial charge < -0.3 is 14.5 Å². The molecule has 134 valence electrons. The van der Waals surface area contributed by atoms with Gasteiger partial charge in [0.2, 0.25) is 11.8 Å². The SMILES string of the molecule is COc1cc([N+](=O)[O-])ccc1NC(=O)CSc1nnc(C(C)(C)C)o1. The molecular formula is C15H18N4O5S. The lowest BCUT2D eigenvalue weighted by Crippen LogP contribution is -2.14. The highest BCUT2D eigenvalue weighted by Crippen LogP contribution is 2.29. The predicted octanol–water partition coefficient (Wildman–Crippen LogP) is 3.01. The van der Waals surface area contributed by atoms with E-state index in [9.17, 15) is 14.9 Å². The summed E-state index contributed by atoms with van der Waals surface area (Å²) in [6.45, 7) is 5.84. The Bertz CT molecular complexity index is 784. The van der Waals surface area contributed by atoms with Crippen LogP contribution in [0.5, 0.6) is 5.75 Å². The second kappa shape index (κ2) is 7.51. The van der Waals surface area contributed by atoms with Crippen LogP contribution in [-0.2, 0) is 10.2 Å². The number of ether oxygens (including phenoxy) is 1. The largest absolute Gasteiger partial charge is 0.494 e. The number of aromatic nitrogens is 2. The zero-order valence-corrected chi connectivity index (χ0v) is 15.0. The highest BCUT2D eigenvalue weighted by atomic mass is 32.2. The molecule has 0 aliphatic heterocycles. The molecule has 1 amide bonds. The van der Waals surface area contributed by atoms with E-state index in [-0.39, 0.29) is 28.5 Å². The van der Waals surface area contributed by atoms with Crippen molar-refractivity contribution >= 4 is 29.0 Å². The van der Waals surface area contributed by atoms with Gasteiger partial charge in [0.15, 0.2) is 0 Å². The van der Waals surface area contributed by atoms with E-state index in [1.165, 1.54) is 25.3 Å². The van der Waals surface area contributed by atoms with E-state index in [4.69, 9.17) is 9.15 Å². The minimum atomic E-state index is -0.535. The van der Waals surface area contributed by atoms with E-state index in [0.29, 0.717) is 16.8 Å². The monoisotopic (exact) mass is 366 g/mol. The normalized spacial score (nSPS) is 11.2. The van der Waals surface area contributed by atoms with Gasteiger partial charge in [-0.25, -0.2) is 0 Å². The highest BCUT2D eigenvalue weighted by molar-refractivity contribution is 7.99. The Hall–Kier alpha value is -2.62. The average molecular weight is 366 g/mol. The molecule has 0 aliphatic carbocycles. The molecule has 0 bridgehead atoms. The second-order valence-electron chi connectivity index (χ2n) is 6.10. The first-order valence-electron chi connectivity index (χ1n) is 7.30. The van der Waals surface area contributed by atoms with Crippen LogP contribution in [0.2, 0.25) is 0 Å². The van der Waals surface area contributed by atoms with Gasteiger partial charge in [0.05, 0.1) is 29.5 Å². The van der Waals surface area contributed by atoms with Crippen molar-refractivity contribution in [1.29, 1.82) is 0 Å². The number of hydrogen-bond acceptors (Lipinski definition) is 8. The Balaban J connectivity index is 1.98. The van der Waals surface area contributed by atoms with Crippen molar-refractivity contribution in [3.8, 4) is 5.75 Å². The summed E-state index contributed by atoms with van der Waals surface area (Å²) in [4.78, 5) is 22.3. The van der Waals surface area contributed by atoms with Crippen molar-refractivity contribution in [1.82, 2.24) is 10.2 Å². The summed E-state index contributed by atoms with van der Waals surface area (Å²) in [5.74, 6) is 0.423. The van der Waals surface area contributed by atoms with Crippen molar-refractivity contribution < 1.29 is 18.9 Å². The van der Waals surface area contributed by atoms with Gasteiger partial charge in [-0.15, -0.1) is 10.2 Å². The number of nitro groups is 1. The van der Waals surface area contributed by atoms with Crippen LogP contribution < -0.4 is 10.1 Å².